The van der Waals surface area contributed by atoms with Crippen LogP contribution in [0.25, 0.3) is 0 Å². The van der Waals surface area contributed by atoms with Gasteiger partial charge in [-0.1, -0.05) is 317 Å². The molecule has 0 bridgehead atoms. The highest BCUT2D eigenvalue weighted by Gasteiger charge is 2.30. The molecule has 0 aromatic heterocycles. The molecule has 17 nitrogen and oxygen atoms in total. The summed E-state index contributed by atoms with van der Waals surface area (Å²) in [6.07, 6.45) is 56.5. The highest BCUT2D eigenvalue weighted by atomic mass is 31.2. The average Bonchev–Trinajstić information content (AvgIpc) is 3.10. The number of carbonyl (C=O) groups is 4. The molecule has 3 N–H and O–H groups in total. The molecule has 0 fully saturated rings. The number of esters is 4. The largest absolute Gasteiger partial charge is 0.472 e. The average molecular weight is 1410 g/mol. The first-order valence-corrected chi connectivity index (χ1v) is 42.2. The van der Waals surface area contributed by atoms with Crippen molar-refractivity contribution in [1.82, 2.24) is 0 Å². The number of phosphoric acid groups is 2. The Balaban J connectivity index is 5.21. The van der Waals surface area contributed by atoms with Gasteiger partial charge in [0.1, 0.15) is 19.3 Å². The molecule has 0 amide bonds. The Bertz CT molecular complexity index is 1970. The summed E-state index contributed by atoms with van der Waals surface area (Å²) in [7, 11) is -9.92. The quantitative estimate of drug-likeness (QED) is 0.0169. The van der Waals surface area contributed by atoms with Crippen molar-refractivity contribution in [3.05, 3.63) is 24.3 Å². The van der Waals surface area contributed by atoms with E-state index in [1.807, 2.05) is 0 Å². The van der Waals surface area contributed by atoms with E-state index in [9.17, 15) is 43.2 Å². The van der Waals surface area contributed by atoms with Crippen molar-refractivity contribution in [3.63, 3.8) is 0 Å². The minimum Gasteiger partial charge on any atom is -0.462 e. The van der Waals surface area contributed by atoms with E-state index in [-0.39, 0.29) is 25.7 Å². The van der Waals surface area contributed by atoms with Crippen molar-refractivity contribution in [2.45, 2.75) is 388 Å². The Morgan fingerprint density at radius 1 is 0.344 bits per heavy atom. The summed E-state index contributed by atoms with van der Waals surface area (Å²) < 4.78 is 68.4. The second-order valence-electron chi connectivity index (χ2n) is 28.3. The first kappa shape index (κ1) is 93.5. The van der Waals surface area contributed by atoms with E-state index in [4.69, 9.17) is 37.0 Å². The lowest BCUT2D eigenvalue weighted by Gasteiger charge is -2.21. The number of ether oxygens (including phenoxy) is 4. The van der Waals surface area contributed by atoms with Crippen LogP contribution in [-0.2, 0) is 65.4 Å². The molecule has 0 aliphatic heterocycles. The molecule has 0 rings (SSSR count). The Morgan fingerprint density at radius 2 is 0.615 bits per heavy atom. The van der Waals surface area contributed by atoms with Gasteiger partial charge < -0.3 is 33.8 Å². The molecular formula is C77H146O17P2. The van der Waals surface area contributed by atoms with Crippen molar-refractivity contribution in [2.75, 3.05) is 39.6 Å². The lowest BCUT2D eigenvalue weighted by Crippen LogP contribution is -2.30. The van der Waals surface area contributed by atoms with Crippen LogP contribution >= 0.6 is 15.6 Å². The first-order chi connectivity index (χ1) is 46.3. The van der Waals surface area contributed by atoms with Crippen molar-refractivity contribution < 1.29 is 80.2 Å². The highest BCUT2D eigenvalue weighted by molar-refractivity contribution is 7.47. The van der Waals surface area contributed by atoms with E-state index in [2.05, 4.69) is 72.8 Å². The van der Waals surface area contributed by atoms with Crippen LogP contribution in [0.2, 0.25) is 0 Å². The van der Waals surface area contributed by atoms with Gasteiger partial charge in [-0.15, -0.1) is 0 Å². The van der Waals surface area contributed by atoms with Gasteiger partial charge >= 0.3 is 39.5 Å². The zero-order valence-electron chi connectivity index (χ0n) is 62.3. The Labute approximate surface area is 586 Å². The smallest absolute Gasteiger partial charge is 0.462 e. The third kappa shape index (κ3) is 68.7. The fourth-order valence-corrected chi connectivity index (χ4v) is 12.8. The van der Waals surface area contributed by atoms with E-state index in [1.54, 1.807) is 0 Å². The van der Waals surface area contributed by atoms with E-state index in [0.717, 1.165) is 127 Å². The minimum atomic E-state index is -4.96. The Hall–Kier alpha value is -2.46. The number of aliphatic hydroxyl groups excluding tert-OH is 1. The van der Waals surface area contributed by atoms with Crippen molar-refractivity contribution in [2.24, 2.45) is 17.8 Å². The van der Waals surface area contributed by atoms with Gasteiger partial charge in [-0.2, -0.15) is 0 Å². The van der Waals surface area contributed by atoms with Crippen LogP contribution in [0.5, 0.6) is 0 Å². The standard InChI is InChI=1S/C77H146O17P2/c1-8-10-11-12-13-14-15-16-21-25-28-31-36-46-53-60-76(81)93-72(64-87-74(79)58-51-44-38-33-35-42-49-56-69(5)6)66-91-95(83,84)89-62-71(78)63-90-96(85,86)92-67-73(65-88-75(80)59-52-45-40-39-43-50-57-70(7)9-2)94-77(82)61-54-47-37-32-29-26-23-20-18-17-19-22-24-27-30-34-41-48-55-68(3)4/h14-16,21,68-73,78H,8-13,17-20,22-67H2,1-7H3,(H,83,84)(H,85,86)/b15-14-,21-16-/t70?,71-,72-,73-/m1/s1. The highest BCUT2D eigenvalue weighted by Crippen LogP contribution is 2.45. The summed E-state index contributed by atoms with van der Waals surface area (Å²) >= 11 is 0. The van der Waals surface area contributed by atoms with Crippen LogP contribution in [0.3, 0.4) is 0 Å². The van der Waals surface area contributed by atoms with Gasteiger partial charge in [0.05, 0.1) is 26.4 Å². The normalized spacial score (nSPS) is 14.5. The van der Waals surface area contributed by atoms with Gasteiger partial charge in [0, 0.05) is 25.7 Å². The number of aliphatic hydroxyl groups is 1. The summed E-state index contributed by atoms with van der Waals surface area (Å²) in [5.41, 5.74) is 0. The molecule has 19 heteroatoms. The monoisotopic (exact) mass is 1410 g/mol. The van der Waals surface area contributed by atoms with E-state index in [0.29, 0.717) is 31.6 Å². The summed E-state index contributed by atoms with van der Waals surface area (Å²) in [5.74, 6) is 0.0991. The minimum absolute atomic E-state index is 0.0839. The predicted octanol–water partition coefficient (Wildman–Crippen LogP) is 22.1. The zero-order chi connectivity index (χ0) is 70.9. The lowest BCUT2D eigenvalue weighted by molar-refractivity contribution is -0.161. The topological polar surface area (TPSA) is 237 Å². The molecule has 0 spiro atoms. The maximum absolute atomic E-state index is 13.1. The van der Waals surface area contributed by atoms with Crippen LogP contribution in [-0.4, -0.2) is 96.7 Å². The molecule has 0 aromatic carbocycles. The summed E-state index contributed by atoms with van der Waals surface area (Å²) in [6.45, 7) is 11.8. The Kier molecular flexibility index (Phi) is 65.3. The van der Waals surface area contributed by atoms with Gasteiger partial charge in [-0.05, 0) is 69.1 Å². The molecule has 0 radical (unpaired) electrons. The van der Waals surface area contributed by atoms with Crippen LogP contribution in [0.4, 0.5) is 0 Å². The molecule has 0 heterocycles. The number of carbonyl (C=O) groups excluding carboxylic acids is 4. The second-order valence-corrected chi connectivity index (χ2v) is 31.2. The van der Waals surface area contributed by atoms with Gasteiger partial charge in [0.15, 0.2) is 12.2 Å². The number of hydrogen-bond acceptors (Lipinski definition) is 15. The van der Waals surface area contributed by atoms with Crippen molar-refractivity contribution in [3.8, 4) is 0 Å². The van der Waals surface area contributed by atoms with Gasteiger partial charge in [-0.3, -0.25) is 37.3 Å². The number of allylic oxidation sites excluding steroid dienone is 4. The van der Waals surface area contributed by atoms with Crippen LogP contribution < -0.4 is 0 Å². The van der Waals surface area contributed by atoms with E-state index >= 15 is 0 Å². The Morgan fingerprint density at radius 3 is 0.927 bits per heavy atom. The molecule has 0 aliphatic carbocycles. The summed E-state index contributed by atoms with van der Waals surface area (Å²) in [6, 6.07) is 0. The zero-order valence-corrected chi connectivity index (χ0v) is 64.1. The molecule has 566 valence electrons. The molecular weight excluding hydrogens is 1260 g/mol. The first-order valence-electron chi connectivity index (χ1n) is 39.2. The second kappa shape index (κ2) is 67.1. The van der Waals surface area contributed by atoms with Crippen molar-refractivity contribution >= 4 is 39.5 Å². The third-order valence-electron chi connectivity index (χ3n) is 17.6. The molecule has 0 aliphatic rings. The third-order valence-corrected chi connectivity index (χ3v) is 19.5. The number of unbranched alkanes of at least 4 members (excludes halogenated alkanes) is 37. The maximum atomic E-state index is 13.1. The maximum Gasteiger partial charge on any atom is 0.472 e. The molecule has 0 saturated heterocycles. The van der Waals surface area contributed by atoms with Gasteiger partial charge in [-0.25, -0.2) is 9.13 Å². The predicted molar refractivity (Wildman–Crippen MR) is 390 cm³/mol. The van der Waals surface area contributed by atoms with Crippen LogP contribution in [0.15, 0.2) is 24.3 Å². The number of rotatable bonds is 73. The van der Waals surface area contributed by atoms with Gasteiger partial charge in [0.2, 0.25) is 0 Å². The fourth-order valence-electron chi connectivity index (χ4n) is 11.2. The molecule has 3 unspecified atom stereocenters. The number of hydrogen-bond donors (Lipinski definition) is 3. The molecule has 0 saturated carbocycles. The van der Waals surface area contributed by atoms with Gasteiger partial charge in [0.25, 0.3) is 0 Å². The fraction of sp³-hybridized carbons (Fsp3) is 0.896. The van der Waals surface area contributed by atoms with Crippen molar-refractivity contribution in [1.29, 1.82) is 0 Å². The van der Waals surface area contributed by atoms with E-state index < -0.39 is 97.5 Å². The summed E-state index contributed by atoms with van der Waals surface area (Å²) in [5, 5.41) is 10.6. The SMILES string of the molecule is CCCCCC/C=C\C=C/CCCCCCCC(=O)O[C@H](COC(=O)CCCCCCCCCC(C)C)COP(=O)(O)OC[C@@H](O)COP(=O)(O)OC[C@@H](COC(=O)CCCCCCCCC(C)CC)OC(=O)CCCCCCCCCCCCCCCCCCCCC(C)C. The number of phosphoric ester groups is 2. The molecule has 96 heavy (non-hydrogen) atoms. The molecule has 0 aromatic rings. The molecule has 6 atom stereocenters. The lowest BCUT2D eigenvalue weighted by atomic mass is 10.00. The van der Waals surface area contributed by atoms with Crippen LogP contribution in [0, 0.1) is 17.8 Å². The van der Waals surface area contributed by atoms with E-state index in [1.165, 1.54) is 154 Å². The summed E-state index contributed by atoms with van der Waals surface area (Å²) in [4.78, 5) is 72.7. The van der Waals surface area contributed by atoms with Crippen LogP contribution in [0.1, 0.15) is 370 Å².